The highest BCUT2D eigenvalue weighted by atomic mass is 35.5. The molecular weight excluding hydrogens is 292 g/mol. The lowest BCUT2D eigenvalue weighted by atomic mass is 10.2. The average Bonchev–Trinajstić information content (AvgIpc) is 2.51. The molecule has 0 atom stereocenters. The van der Waals surface area contributed by atoms with Gasteiger partial charge in [0.05, 0.1) is 13.2 Å². The van der Waals surface area contributed by atoms with Crippen molar-refractivity contribution in [1.29, 1.82) is 5.26 Å². The zero-order valence-corrected chi connectivity index (χ0v) is 12.1. The number of carbonyl (C=O) groups is 1. The van der Waals surface area contributed by atoms with Crippen LogP contribution in [-0.2, 0) is 9.53 Å². The van der Waals surface area contributed by atoms with Gasteiger partial charge in [-0.3, -0.25) is 4.79 Å². The third-order valence-corrected chi connectivity index (χ3v) is 3.30. The maximum atomic E-state index is 12.2. The molecule has 6 nitrogen and oxygen atoms in total. The Bertz CT molecular complexity index is 586. The van der Waals surface area contributed by atoms with Crippen LogP contribution in [0.3, 0.4) is 0 Å². The standard InChI is InChI=1S/C14H15ClN4O2/c15-10-1-3-11(4-2-10)18-14(20)12(9-16)13(17)19-5-7-21-8-6-19/h1-4H,5-8,17H2,(H,18,20)/b13-12+. The Morgan fingerprint density at radius 1 is 1.33 bits per heavy atom. The van der Waals surface area contributed by atoms with Crippen molar-refractivity contribution in [3.8, 4) is 6.07 Å². The predicted molar refractivity (Wildman–Crippen MR) is 79.3 cm³/mol. The van der Waals surface area contributed by atoms with Gasteiger partial charge in [-0.25, -0.2) is 0 Å². The number of morpholine rings is 1. The highest BCUT2D eigenvalue weighted by Crippen LogP contribution is 2.15. The first-order valence-electron chi connectivity index (χ1n) is 6.41. The lowest BCUT2D eigenvalue weighted by Crippen LogP contribution is -2.40. The second kappa shape index (κ2) is 6.97. The van der Waals surface area contributed by atoms with Crippen molar-refractivity contribution in [3.05, 3.63) is 40.7 Å². The van der Waals surface area contributed by atoms with Crippen LogP contribution in [0.15, 0.2) is 35.7 Å². The zero-order chi connectivity index (χ0) is 15.2. The molecule has 0 saturated carbocycles. The van der Waals surface area contributed by atoms with Gasteiger partial charge in [0.25, 0.3) is 5.91 Å². The molecule has 3 N–H and O–H groups in total. The summed E-state index contributed by atoms with van der Waals surface area (Å²) < 4.78 is 5.21. The number of ether oxygens (including phenoxy) is 1. The normalized spacial score (nSPS) is 15.9. The molecule has 1 aliphatic rings. The Balaban J connectivity index is 2.14. The smallest absolute Gasteiger partial charge is 0.270 e. The maximum absolute atomic E-state index is 12.2. The molecule has 1 heterocycles. The van der Waals surface area contributed by atoms with Crippen LogP contribution in [0.2, 0.25) is 5.02 Å². The molecule has 0 unspecified atom stereocenters. The molecular formula is C14H15ClN4O2. The molecule has 21 heavy (non-hydrogen) atoms. The molecule has 0 aliphatic carbocycles. The Morgan fingerprint density at radius 3 is 2.52 bits per heavy atom. The van der Waals surface area contributed by atoms with Crippen molar-refractivity contribution in [2.24, 2.45) is 5.73 Å². The number of nitrogens with one attached hydrogen (secondary N) is 1. The zero-order valence-electron chi connectivity index (χ0n) is 11.3. The van der Waals surface area contributed by atoms with E-state index in [1.807, 2.05) is 6.07 Å². The van der Waals surface area contributed by atoms with Crippen LogP contribution >= 0.6 is 11.6 Å². The van der Waals surface area contributed by atoms with E-state index >= 15 is 0 Å². The highest BCUT2D eigenvalue weighted by molar-refractivity contribution is 6.30. The second-order valence-corrected chi connectivity index (χ2v) is 4.87. The van der Waals surface area contributed by atoms with Crippen LogP contribution in [0.1, 0.15) is 0 Å². The molecule has 0 bridgehead atoms. The van der Waals surface area contributed by atoms with Gasteiger partial charge in [0, 0.05) is 23.8 Å². The maximum Gasteiger partial charge on any atom is 0.270 e. The van der Waals surface area contributed by atoms with Gasteiger partial charge in [0.15, 0.2) is 5.57 Å². The third-order valence-electron chi connectivity index (χ3n) is 3.05. The Kier molecular flexibility index (Phi) is 5.04. The number of hydrogen-bond donors (Lipinski definition) is 2. The van der Waals surface area contributed by atoms with Gasteiger partial charge in [0.2, 0.25) is 0 Å². The minimum absolute atomic E-state index is 0.105. The van der Waals surface area contributed by atoms with Gasteiger partial charge in [-0.2, -0.15) is 5.26 Å². The van der Waals surface area contributed by atoms with Crippen molar-refractivity contribution >= 4 is 23.2 Å². The summed E-state index contributed by atoms with van der Waals surface area (Å²) in [4.78, 5) is 13.9. The van der Waals surface area contributed by atoms with Crippen LogP contribution in [0.5, 0.6) is 0 Å². The number of anilines is 1. The molecule has 0 radical (unpaired) electrons. The summed E-state index contributed by atoms with van der Waals surface area (Å²) in [6.45, 7) is 2.17. The van der Waals surface area contributed by atoms with Crippen LogP contribution in [-0.4, -0.2) is 37.1 Å². The van der Waals surface area contributed by atoms with E-state index in [2.05, 4.69) is 5.32 Å². The van der Waals surface area contributed by atoms with Crippen LogP contribution in [0, 0.1) is 11.3 Å². The van der Waals surface area contributed by atoms with Crippen LogP contribution in [0.25, 0.3) is 0 Å². The number of nitriles is 1. The Hall–Kier alpha value is -2.23. The van der Waals surface area contributed by atoms with E-state index in [9.17, 15) is 10.1 Å². The molecule has 1 aromatic rings. The summed E-state index contributed by atoms with van der Waals surface area (Å²) in [5.74, 6) is -0.365. The van der Waals surface area contributed by atoms with Crippen molar-refractivity contribution in [1.82, 2.24) is 4.90 Å². The van der Waals surface area contributed by atoms with Gasteiger partial charge in [-0.05, 0) is 24.3 Å². The van der Waals surface area contributed by atoms with Crippen molar-refractivity contribution in [3.63, 3.8) is 0 Å². The molecule has 1 saturated heterocycles. The van der Waals surface area contributed by atoms with Crippen molar-refractivity contribution < 1.29 is 9.53 Å². The number of hydrogen-bond acceptors (Lipinski definition) is 5. The Labute approximate surface area is 127 Å². The summed E-state index contributed by atoms with van der Waals surface area (Å²) in [6.07, 6.45) is 0. The molecule has 2 rings (SSSR count). The number of nitrogens with two attached hydrogens (primary N) is 1. The molecule has 1 aliphatic heterocycles. The molecule has 7 heteroatoms. The van der Waals surface area contributed by atoms with Crippen LogP contribution in [0.4, 0.5) is 5.69 Å². The fraction of sp³-hybridized carbons (Fsp3) is 0.286. The van der Waals surface area contributed by atoms with E-state index in [1.165, 1.54) is 0 Å². The number of benzene rings is 1. The molecule has 0 spiro atoms. The molecule has 1 aromatic carbocycles. The predicted octanol–water partition coefficient (Wildman–Crippen LogP) is 1.30. The first kappa shape index (κ1) is 15.2. The minimum Gasteiger partial charge on any atom is -0.384 e. The van der Waals surface area contributed by atoms with E-state index in [0.29, 0.717) is 37.0 Å². The van der Waals surface area contributed by atoms with Gasteiger partial charge in [0.1, 0.15) is 11.9 Å². The summed E-state index contributed by atoms with van der Waals surface area (Å²) in [7, 11) is 0. The number of amides is 1. The third kappa shape index (κ3) is 3.88. The topological polar surface area (TPSA) is 91.4 Å². The number of carbonyl (C=O) groups excluding carboxylic acids is 1. The lowest BCUT2D eigenvalue weighted by Gasteiger charge is -2.29. The van der Waals surface area contributed by atoms with Gasteiger partial charge >= 0.3 is 0 Å². The Morgan fingerprint density at radius 2 is 1.95 bits per heavy atom. The van der Waals surface area contributed by atoms with E-state index < -0.39 is 5.91 Å². The molecule has 110 valence electrons. The van der Waals surface area contributed by atoms with E-state index in [1.54, 1.807) is 29.2 Å². The number of rotatable bonds is 3. The van der Waals surface area contributed by atoms with Crippen molar-refractivity contribution in [2.45, 2.75) is 0 Å². The van der Waals surface area contributed by atoms with E-state index in [4.69, 9.17) is 22.1 Å². The summed E-state index contributed by atoms with van der Waals surface area (Å²) in [5.41, 5.74) is 6.37. The number of halogens is 1. The van der Waals surface area contributed by atoms with Gasteiger partial charge in [-0.1, -0.05) is 11.6 Å². The quantitative estimate of drug-likeness (QED) is 0.649. The first-order chi connectivity index (χ1) is 10.1. The molecule has 0 aromatic heterocycles. The number of nitrogens with zero attached hydrogens (tertiary/aromatic N) is 2. The van der Waals surface area contributed by atoms with Gasteiger partial charge < -0.3 is 20.7 Å². The first-order valence-corrected chi connectivity index (χ1v) is 6.79. The highest BCUT2D eigenvalue weighted by Gasteiger charge is 2.20. The minimum atomic E-state index is -0.538. The summed E-state index contributed by atoms with van der Waals surface area (Å²) in [5, 5.41) is 12.4. The monoisotopic (exact) mass is 306 g/mol. The fourth-order valence-corrected chi connectivity index (χ4v) is 2.04. The van der Waals surface area contributed by atoms with E-state index in [0.717, 1.165) is 0 Å². The largest absolute Gasteiger partial charge is 0.384 e. The summed E-state index contributed by atoms with van der Waals surface area (Å²) in [6, 6.07) is 8.47. The van der Waals surface area contributed by atoms with Crippen LogP contribution < -0.4 is 11.1 Å². The SMILES string of the molecule is N#C/C(C(=O)Nc1ccc(Cl)cc1)=C(/N)N1CCOCC1. The molecule has 1 amide bonds. The molecule has 1 fully saturated rings. The van der Waals surface area contributed by atoms with E-state index in [-0.39, 0.29) is 11.4 Å². The van der Waals surface area contributed by atoms with Gasteiger partial charge in [-0.15, -0.1) is 0 Å². The van der Waals surface area contributed by atoms with Crippen molar-refractivity contribution in [2.75, 3.05) is 31.6 Å². The lowest BCUT2D eigenvalue weighted by molar-refractivity contribution is -0.112. The fourth-order valence-electron chi connectivity index (χ4n) is 1.91. The average molecular weight is 307 g/mol. The second-order valence-electron chi connectivity index (χ2n) is 4.43. The summed E-state index contributed by atoms with van der Waals surface area (Å²) >= 11 is 5.78.